The van der Waals surface area contributed by atoms with Gasteiger partial charge < -0.3 is 30.6 Å². The van der Waals surface area contributed by atoms with Gasteiger partial charge in [0.25, 0.3) is 0 Å². The highest BCUT2D eigenvalue weighted by Gasteiger charge is 2.30. The van der Waals surface area contributed by atoms with E-state index in [-0.39, 0.29) is 11.7 Å². The molecule has 3 heterocycles. The number of nitrogen functional groups attached to an aromatic ring is 1. The Kier molecular flexibility index (Phi) is 7.94. The molecule has 2 aliphatic rings. The number of aromatic nitrogens is 3. The smallest absolute Gasteiger partial charge is 0.323 e. The second kappa shape index (κ2) is 11.9. The summed E-state index contributed by atoms with van der Waals surface area (Å²) in [6.45, 7) is 4.51. The monoisotopic (exact) mass is 572 g/mol. The Morgan fingerprint density at radius 3 is 2.50 bits per heavy atom. The molecule has 42 heavy (non-hydrogen) atoms. The van der Waals surface area contributed by atoms with Crippen molar-refractivity contribution in [1.29, 1.82) is 0 Å². The standard InChI is InChI=1S/C31H37FN8O2/c1-38-12-14-39(15-13-38)22-7-9-23(10-8-22)40-18-25(28-29(33)34-19-35-30(28)40)20-6-11-27(26(32)16-20)37-31(41)36-21-4-3-5-24(17-21)42-2/h3-6,11,16-19,22-23H,7-10,12-15H2,1-2H3,(H2,33,34,35)(H2,36,37,41)/t22-,23+. The lowest BCUT2D eigenvalue weighted by Crippen LogP contribution is -2.49. The number of rotatable bonds is 6. The average molecular weight is 573 g/mol. The average Bonchev–Trinajstić information content (AvgIpc) is 3.40. The topological polar surface area (TPSA) is 114 Å². The van der Waals surface area contributed by atoms with Gasteiger partial charge >= 0.3 is 6.03 Å². The summed E-state index contributed by atoms with van der Waals surface area (Å²) in [5, 5.41) is 6.00. The van der Waals surface area contributed by atoms with Crippen molar-refractivity contribution in [2.24, 2.45) is 0 Å². The molecule has 1 aliphatic heterocycles. The minimum atomic E-state index is -0.559. The van der Waals surface area contributed by atoms with Gasteiger partial charge in [0.15, 0.2) is 0 Å². The SMILES string of the molecule is COc1cccc(NC(=O)Nc2ccc(-c3cn([C@H]4CC[C@@H](N5CCN(C)CC5)CC4)c4ncnc(N)c34)cc2F)c1. The number of halogens is 1. The van der Waals surface area contributed by atoms with Crippen molar-refractivity contribution in [2.45, 2.75) is 37.8 Å². The number of nitrogens with zero attached hydrogens (tertiary/aromatic N) is 5. The summed E-state index contributed by atoms with van der Waals surface area (Å²) in [6, 6.07) is 12.0. The number of fused-ring (bicyclic) bond motifs is 1. The first-order chi connectivity index (χ1) is 20.4. The lowest BCUT2D eigenvalue weighted by molar-refractivity contribution is 0.0828. The Hall–Kier alpha value is -4.22. The zero-order valence-corrected chi connectivity index (χ0v) is 24.0. The number of methoxy groups -OCH3 is 1. The van der Waals surface area contributed by atoms with Crippen LogP contribution in [0, 0.1) is 5.82 Å². The summed E-state index contributed by atoms with van der Waals surface area (Å²) in [7, 11) is 3.74. The van der Waals surface area contributed by atoms with Gasteiger partial charge in [0.05, 0.1) is 18.2 Å². The van der Waals surface area contributed by atoms with Gasteiger partial charge in [-0.3, -0.25) is 4.90 Å². The van der Waals surface area contributed by atoms with E-state index >= 15 is 4.39 Å². The van der Waals surface area contributed by atoms with E-state index in [1.807, 2.05) is 6.20 Å². The molecule has 2 fully saturated rings. The molecule has 220 valence electrons. The summed E-state index contributed by atoms with van der Waals surface area (Å²) < 4.78 is 22.7. The highest BCUT2D eigenvalue weighted by Crippen LogP contribution is 2.39. The molecule has 0 atom stereocenters. The van der Waals surface area contributed by atoms with Gasteiger partial charge in [-0.1, -0.05) is 12.1 Å². The molecule has 4 aromatic rings. The van der Waals surface area contributed by atoms with Gasteiger partial charge in [0, 0.05) is 61.8 Å². The largest absolute Gasteiger partial charge is 0.497 e. The Balaban J connectivity index is 1.20. The number of benzene rings is 2. The predicted molar refractivity (Wildman–Crippen MR) is 163 cm³/mol. The number of carbonyl (C=O) groups excluding carboxylic acids is 1. The number of nitrogens with two attached hydrogens (primary N) is 1. The Morgan fingerprint density at radius 2 is 1.76 bits per heavy atom. The normalized spacial score (nSPS) is 20.0. The fourth-order valence-corrected chi connectivity index (χ4v) is 6.26. The van der Waals surface area contributed by atoms with E-state index in [4.69, 9.17) is 10.5 Å². The Bertz CT molecular complexity index is 1570. The summed E-state index contributed by atoms with van der Waals surface area (Å²) in [5.74, 6) is 0.409. The summed E-state index contributed by atoms with van der Waals surface area (Å²) in [4.78, 5) is 26.4. The quantitative estimate of drug-likeness (QED) is 0.291. The van der Waals surface area contributed by atoms with E-state index in [1.165, 1.54) is 12.4 Å². The van der Waals surface area contributed by atoms with Crippen LogP contribution in [-0.4, -0.2) is 76.7 Å². The van der Waals surface area contributed by atoms with Crippen LogP contribution < -0.4 is 21.1 Å². The summed E-state index contributed by atoms with van der Waals surface area (Å²) in [5.41, 5.74) is 9.13. The number of hydrogen-bond acceptors (Lipinski definition) is 7. The van der Waals surface area contributed by atoms with E-state index in [2.05, 4.69) is 42.0 Å². The molecule has 1 saturated carbocycles. The fraction of sp³-hybridized carbons (Fsp3) is 0.387. The first kappa shape index (κ1) is 27.9. The first-order valence-electron chi connectivity index (χ1n) is 14.4. The third-order valence-electron chi connectivity index (χ3n) is 8.61. The lowest BCUT2D eigenvalue weighted by atomic mass is 9.89. The zero-order chi connectivity index (χ0) is 29.2. The van der Waals surface area contributed by atoms with Crippen LogP contribution in [0.5, 0.6) is 5.75 Å². The van der Waals surface area contributed by atoms with Crippen LogP contribution in [0.15, 0.2) is 55.0 Å². The number of hydrogen-bond donors (Lipinski definition) is 3. The highest BCUT2D eigenvalue weighted by molar-refractivity contribution is 6.02. The van der Waals surface area contributed by atoms with Crippen LogP contribution in [0.1, 0.15) is 31.7 Å². The highest BCUT2D eigenvalue weighted by atomic mass is 19.1. The van der Waals surface area contributed by atoms with Gasteiger partial charge in [0.2, 0.25) is 0 Å². The van der Waals surface area contributed by atoms with Crippen LogP contribution in [-0.2, 0) is 0 Å². The number of carbonyl (C=O) groups is 1. The Labute approximate surface area is 244 Å². The van der Waals surface area contributed by atoms with E-state index in [1.54, 1.807) is 43.5 Å². The van der Waals surface area contributed by atoms with Crippen molar-refractivity contribution in [3.8, 4) is 16.9 Å². The lowest BCUT2D eigenvalue weighted by Gasteiger charge is -2.41. The molecule has 11 heteroatoms. The third kappa shape index (κ3) is 5.75. The molecule has 1 aliphatic carbocycles. The minimum absolute atomic E-state index is 0.0642. The fourth-order valence-electron chi connectivity index (χ4n) is 6.26. The number of likely N-dealkylation sites (N-methyl/N-ethyl adjacent to an activating group) is 1. The maximum absolute atomic E-state index is 15.3. The van der Waals surface area contributed by atoms with Gasteiger partial charge in [0.1, 0.15) is 29.4 Å². The third-order valence-corrected chi connectivity index (χ3v) is 8.61. The molecule has 0 spiro atoms. The molecule has 4 N–H and O–H groups in total. The molecular weight excluding hydrogens is 535 g/mol. The number of piperazine rings is 1. The van der Waals surface area contributed by atoms with Crippen LogP contribution in [0.25, 0.3) is 22.2 Å². The van der Waals surface area contributed by atoms with Crippen molar-refractivity contribution in [2.75, 3.05) is 56.7 Å². The second-order valence-corrected chi connectivity index (χ2v) is 11.2. The molecule has 2 aromatic carbocycles. The van der Waals surface area contributed by atoms with E-state index in [0.717, 1.165) is 68.5 Å². The summed E-state index contributed by atoms with van der Waals surface area (Å²) in [6.07, 6.45) is 7.89. The molecular formula is C31H37FN8O2. The number of nitrogens with one attached hydrogen (secondary N) is 2. The molecule has 6 rings (SSSR count). The molecule has 0 bridgehead atoms. The maximum Gasteiger partial charge on any atom is 0.323 e. The van der Waals surface area contributed by atoms with Gasteiger partial charge in [-0.25, -0.2) is 19.2 Å². The van der Waals surface area contributed by atoms with E-state index in [0.29, 0.717) is 28.9 Å². The molecule has 2 aromatic heterocycles. The second-order valence-electron chi connectivity index (χ2n) is 11.2. The molecule has 2 amide bonds. The van der Waals surface area contributed by atoms with E-state index in [9.17, 15) is 4.79 Å². The Morgan fingerprint density at radius 1 is 1.00 bits per heavy atom. The van der Waals surface area contributed by atoms with Gasteiger partial charge in [-0.15, -0.1) is 0 Å². The zero-order valence-electron chi connectivity index (χ0n) is 24.0. The van der Waals surface area contributed by atoms with Gasteiger partial charge in [-0.05, 0) is 62.6 Å². The minimum Gasteiger partial charge on any atom is -0.497 e. The molecule has 1 saturated heterocycles. The van der Waals surface area contributed by atoms with Crippen molar-refractivity contribution < 1.29 is 13.9 Å². The number of urea groups is 1. The van der Waals surface area contributed by atoms with Crippen LogP contribution in [0.3, 0.4) is 0 Å². The van der Waals surface area contributed by atoms with Crippen LogP contribution in [0.2, 0.25) is 0 Å². The number of amides is 2. The predicted octanol–water partition coefficient (Wildman–Crippen LogP) is 5.20. The van der Waals surface area contributed by atoms with Gasteiger partial charge in [-0.2, -0.15) is 0 Å². The number of anilines is 3. The van der Waals surface area contributed by atoms with Crippen LogP contribution >= 0.6 is 0 Å². The van der Waals surface area contributed by atoms with Crippen molar-refractivity contribution in [1.82, 2.24) is 24.3 Å². The molecule has 10 nitrogen and oxygen atoms in total. The summed E-state index contributed by atoms with van der Waals surface area (Å²) >= 11 is 0. The van der Waals surface area contributed by atoms with Crippen LogP contribution in [0.4, 0.5) is 26.4 Å². The van der Waals surface area contributed by atoms with E-state index < -0.39 is 11.8 Å². The number of ether oxygens (including phenoxy) is 1. The first-order valence-corrected chi connectivity index (χ1v) is 14.4. The maximum atomic E-state index is 15.3. The van der Waals surface area contributed by atoms with Crippen molar-refractivity contribution in [3.05, 3.63) is 60.8 Å². The molecule has 0 unspecified atom stereocenters. The van der Waals surface area contributed by atoms with Crippen molar-refractivity contribution in [3.63, 3.8) is 0 Å². The molecule has 0 radical (unpaired) electrons. The van der Waals surface area contributed by atoms with Crippen molar-refractivity contribution >= 4 is 34.3 Å².